The number of nitrogens with zero attached hydrogens (tertiary/aromatic N) is 3. The second-order valence-corrected chi connectivity index (χ2v) is 6.93. The Morgan fingerprint density at radius 2 is 1.84 bits per heavy atom. The molecule has 2 aromatic carbocycles. The van der Waals surface area contributed by atoms with Gasteiger partial charge in [-0.2, -0.15) is 4.98 Å². The van der Waals surface area contributed by atoms with Crippen LogP contribution in [0.25, 0.3) is 11.4 Å². The number of methoxy groups -OCH3 is 2. The molecule has 0 unspecified atom stereocenters. The molecule has 0 bridgehead atoms. The number of rotatable bonds is 9. The number of phenolic OH excluding ortho intramolecular Hbond substituents is 1. The molecule has 4 rings (SSSR count). The van der Waals surface area contributed by atoms with E-state index in [0.717, 1.165) is 11.3 Å². The summed E-state index contributed by atoms with van der Waals surface area (Å²) in [7, 11) is 3.18. The minimum Gasteiger partial charge on any atom is -0.508 e. The Labute approximate surface area is 179 Å². The fraction of sp³-hybridized carbons (Fsp3) is 0.217. The van der Waals surface area contributed by atoms with Gasteiger partial charge in [-0.15, -0.1) is 0 Å². The maximum absolute atomic E-state index is 10.2. The SMILES string of the molecule is COc1ccc(-c2noc(CN(Cc3ccco3)Cc3ccccc3O)n2)c(OC)c1. The van der Waals surface area contributed by atoms with E-state index in [-0.39, 0.29) is 5.75 Å². The number of hydrogen-bond acceptors (Lipinski definition) is 8. The minimum absolute atomic E-state index is 0.237. The Bertz CT molecular complexity index is 1120. The Kier molecular flexibility index (Phi) is 6.18. The molecule has 0 spiro atoms. The van der Waals surface area contributed by atoms with Crippen LogP contribution in [-0.2, 0) is 19.6 Å². The number of benzene rings is 2. The molecule has 8 heteroatoms. The number of para-hydroxylation sites is 1. The average Bonchev–Trinajstić information content (AvgIpc) is 3.47. The summed E-state index contributed by atoms with van der Waals surface area (Å²) in [6.45, 7) is 1.38. The molecular formula is C23H23N3O5. The van der Waals surface area contributed by atoms with Crippen molar-refractivity contribution < 1.29 is 23.5 Å². The lowest BCUT2D eigenvalue weighted by atomic mass is 10.2. The molecule has 0 aliphatic rings. The van der Waals surface area contributed by atoms with E-state index < -0.39 is 0 Å². The molecule has 0 fully saturated rings. The van der Waals surface area contributed by atoms with Gasteiger partial charge in [0.05, 0.1) is 39.1 Å². The van der Waals surface area contributed by atoms with Crippen molar-refractivity contribution in [2.24, 2.45) is 0 Å². The highest BCUT2D eigenvalue weighted by Gasteiger charge is 2.18. The van der Waals surface area contributed by atoms with Gasteiger partial charge in [-0.3, -0.25) is 4.90 Å². The fourth-order valence-electron chi connectivity index (χ4n) is 3.28. The monoisotopic (exact) mass is 421 g/mol. The number of aromatic hydroxyl groups is 1. The molecule has 0 aliphatic carbocycles. The van der Waals surface area contributed by atoms with Crippen molar-refractivity contribution in [3.63, 3.8) is 0 Å². The van der Waals surface area contributed by atoms with Crippen molar-refractivity contribution in [1.29, 1.82) is 0 Å². The first kappa shape index (κ1) is 20.5. The number of hydrogen-bond donors (Lipinski definition) is 1. The van der Waals surface area contributed by atoms with Crippen LogP contribution in [0.15, 0.2) is 69.8 Å². The van der Waals surface area contributed by atoms with Gasteiger partial charge < -0.3 is 23.5 Å². The van der Waals surface area contributed by atoms with Crippen LogP contribution in [0.1, 0.15) is 17.2 Å². The summed E-state index contributed by atoms with van der Waals surface area (Å²) in [5.41, 5.74) is 1.50. The molecule has 31 heavy (non-hydrogen) atoms. The van der Waals surface area contributed by atoms with Crippen LogP contribution in [0, 0.1) is 0 Å². The molecule has 160 valence electrons. The molecular weight excluding hydrogens is 398 g/mol. The van der Waals surface area contributed by atoms with E-state index in [1.807, 2.05) is 36.4 Å². The van der Waals surface area contributed by atoms with Gasteiger partial charge in [0.1, 0.15) is 23.0 Å². The molecule has 0 saturated heterocycles. The number of furan rings is 1. The Balaban J connectivity index is 1.56. The van der Waals surface area contributed by atoms with Crippen molar-refractivity contribution >= 4 is 0 Å². The van der Waals surface area contributed by atoms with Gasteiger partial charge in [-0.1, -0.05) is 23.4 Å². The molecule has 1 N–H and O–H groups in total. The van der Waals surface area contributed by atoms with Gasteiger partial charge in [-0.05, 0) is 30.3 Å². The van der Waals surface area contributed by atoms with E-state index >= 15 is 0 Å². The highest BCUT2D eigenvalue weighted by atomic mass is 16.5. The van der Waals surface area contributed by atoms with Crippen molar-refractivity contribution in [3.8, 4) is 28.6 Å². The van der Waals surface area contributed by atoms with Crippen LogP contribution in [0.3, 0.4) is 0 Å². The Morgan fingerprint density at radius 3 is 2.58 bits per heavy atom. The van der Waals surface area contributed by atoms with E-state index in [4.69, 9.17) is 18.4 Å². The Hall–Kier alpha value is -3.78. The van der Waals surface area contributed by atoms with Crippen LogP contribution in [0.2, 0.25) is 0 Å². The summed E-state index contributed by atoms with van der Waals surface area (Å²) in [5, 5.41) is 14.3. The molecule has 2 heterocycles. The second kappa shape index (κ2) is 9.36. The van der Waals surface area contributed by atoms with Crippen molar-refractivity contribution in [2.75, 3.05) is 14.2 Å². The standard InChI is InChI=1S/C23H23N3O5/c1-28-17-9-10-19(21(12-17)29-2)23-24-22(31-25-23)15-26(14-18-7-5-11-30-18)13-16-6-3-4-8-20(16)27/h3-12,27H,13-15H2,1-2H3. The van der Waals surface area contributed by atoms with Gasteiger partial charge in [-0.25, -0.2) is 0 Å². The summed E-state index contributed by atoms with van der Waals surface area (Å²) in [6.07, 6.45) is 1.63. The van der Waals surface area contributed by atoms with Crippen molar-refractivity contribution in [3.05, 3.63) is 78.1 Å². The van der Waals surface area contributed by atoms with Gasteiger partial charge in [0.25, 0.3) is 0 Å². The molecule has 0 saturated carbocycles. The van der Waals surface area contributed by atoms with Gasteiger partial charge in [0.2, 0.25) is 11.7 Å². The predicted molar refractivity (Wildman–Crippen MR) is 113 cm³/mol. The molecule has 0 aliphatic heterocycles. The van der Waals surface area contributed by atoms with Gasteiger partial charge in [0.15, 0.2) is 0 Å². The smallest absolute Gasteiger partial charge is 0.241 e. The summed E-state index contributed by atoms with van der Waals surface area (Å²) < 4.78 is 21.7. The van der Waals surface area contributed by atoms with Gasteiger partial charge >= 0.3 is 0 Å². The predicted octanol–water partition coefficient (Wildman–Crippen LogP) is 4.25. The first-order chi connectivity index (χ1) is 15.2. The fourth-order valence-corrected chi connectivity index (χ4v) is 3.28. The third-order valence-electron chi connectivity index (χ3n) is 4.82. The molecule has 2 aromatic heterocycles. The zero-order chi connectivity index (χ0) is 21.6. The summed E-state index contributed by atoms with van der Waals surface area (Å²) >= 11 is 0. The molecule has 8 nitrogen and oxygen atoms in total. The van der Waals surface area contributed by atoms with Crippen LogP contribution in [0.4, 0.5) is 0 Å². The Morgan fingerprint density at radius 1 is 0.968 bits per heavy atom. The molecule has 0 radical (unpaired) electrons. The maximum atomic E-state index is 10.2. The summed E-state index contributed by atoms with van der Waals surface area (Å²) in [4.78, 5) is 6.60. The van der Waals surface area contributed by atoms with Crippen LogP contribution < -0.4 is 9.47 Å². The van der Waals surface area contributed by atoms with Crippen LogP contribution in [0.5, 0.6) is 17.2 Å². The van der Waals surface area contributed by atoms with E-state index in [1.165, 1.54) is 0 Å². The van der Waals surface area contributed by atoms with E-state index in [1.54, 1.807) is 38.7 Å². The zero-order valence-corrected chi connectivity index (χ0v) is 17.3. The first-order valence-electron chi connectivity index (χ1n) is 9.73. The topological polar surface area (TPSA) is 94.0 Å². The lowest BCUT2D eigenvalue weighted by molar-refractivity contribution is 0.195. The highest BCUT2D eigenvalue weighted by Crippen LogP contribution is 2.31. The number of aromatic nitrogens is 2. The average molecular weight is 421 g/mol. The lowest BCUT2D eigenvalue weighted by Gasteiger charge is -2.19. The molecule has 0 amide bonds. The largest absolute Gasteiger partial charge is 0.508 e. The summed E-state index contributed by atoms with van der Waals surface area (Å²) in [6, 6.07) is 16.4. The summed E-state index contributed by atoms with van der Waals surface area (Å²) in [5.74, 6) is 3.17. The number of phenols is 1. The van der Waals surface area contributed by atoms with E-state index in [9.17, 15) is 5.11 Å². The lowest BCUT2D eigenvalue weighted by Crippen LogP contribution is -2.22. The zero-order valence-electron chi connectivity index (χ0n) is 17.3. The normalized spacial score (nSPS) is 11.1. The second-order valence-electron chi connectivity index (χ2n) is 6.93. The van der Waals surface area contributed by atoms with E-state index in [2.05, 4.69) is 15.0 Å². The highest BCUT2D eigenvalue weighted by molar-refractivity contribution is 5.65. The maximum Gasteiger partial charge on any atom is 0.241 e. The van der Waals surface area contributed by atoms with Crippen molar-refractivity contribution in [2.45, 2.75) is 19.6 Å². The molecule has 4 aromatic rings. The first-order valence-corrected chi connectivity index (χ1v) is 9.73. The van der Waals surface area contributed by atoms with Gasteiger partial charge in [0, 0.05) is 18.2 Å². The van der Waals surface area contributed by atoms with E-state index in [0.29, 0.717) is 48.4 Å². The third kappa shape index (κ3) is 4.87. The van der Waals surface area contributed by atoms with Crippen LogP contribution >= 0.6 is 0 Å². The minimum atomic E-state index is 0.237. The van der Waals surface area contributed by atoms with Crippen molar-refractivity contribution in [1.82, 2.24) is 15.0 Å². The third-order valence-corrected chi connectivity index (χ3v) is 4.82. The quantitative estimate of drug-likeness (QED) is 0.429. The molecule has 0 atom stereocenters. The number of ether oxygens (including phenoxy) is 2. The van der Waals surface area contributed by atoms with Crippen LogP contribution in [-0.4, -0.2) is 34.4 Å².